The lowest BCUT2D eigenvalue weighted by molar-refractivity contribution is 0.0684. The van der Waals surface area contributed by atoms with Crippen molar-refractivity contribution in [2.45, 2.75) is 31.7 Å². The lowest BCUT2D eigenvalue weighted by Gasteiger charge is -2.29. The van der Waals surface area contributed by atoms with Gasteiger partial charge < -0.3 is 15.4 Å². The Bertz CT molecular complexity index is 479. The standard InChI is InChI=1S/C15H21FN2O2/c1-20-12-6-7-13(14(16)9-12)15(19)18-8-4-2-3-5-11(18)10-17/h6-7,9,11H,2-5,8,10,17H2,1H3. The molecular formula is C15H21FN2O2. The fourth-order valence-electron chi connectivity index (χ4n) is 2.64. The molecule has 110 valence electrons. The zero-order chi connectivity index (χ0) is 14.5. The number of amides is 1. The topological polar surface area (TPSA) is 55.6 Å². The molecule has 4 nitrogen and oxygen atoms in total. The van der Waals surface area contributed by atoms with Crippen LogP contribution in [0.3, 0.4) is 0 Å². The van der Waals surface area contributed by atoms with Crippen LogP contribution in [0.5, 0.6) is 5.75 Å². The van der Waals surface area contributed by atoms with Gasteiger partial charge in [0, 0.05) is 25.2 Å². The van der Waals surface area contributed by atoms with Crippen molar-refractivity contribution in [3.05, 3.63) is 29.6 Å². The summed E-state index contributed by atoms with van der Waals surface area (Å²) in [5.74, 6) is -0.415. The summed E-state index contributed by atoms with van der Waals surface area (Å²) in [6.45, 7) is 1.07. The number of likely N-dealkylation sites (tertiary alicyclic amines) is 1. The summed E-state index contributed by atoms with van der Waals surface area (Å²) in [5, 5.41) is 0. The van der Waals surface area contributed by atoms with E-state index in [-0.39, 0.29) is 17.5 Å². The predicted octanol–water partition coefficient (Wildman–Crippen LogP) is 2.18. The Kier molecular flexibility index (Phi) is 4.95. The first-order valence-corrected chi connectivity index (χ1v) is 7.02. The van der Waals surface area contributed by atoms with Crippen LogP contribution in [0.2, 0.25) is 0 Å². The molecule has 5 heteroatoms. The van der Waals surface area contributed by atoms with Crippen LogP contribution in [0.15, 0.2) is 18.2 Å². The fourth-order valence-corrected chi connectivity index (χ4v) is 2.64. The Morgan fingerprint density at radius 2 is 2.25 bits per heavy atom. The second-order valence-corrected chi connectivity index (χ2v) is 5.08. The lowest BCUT2D eigenvalue weighted by Crippen LogP contribution is -2.44. The van der Waals surface area contributed by atoms with Gasteiger partial charge in [0.15, 0.2) is 0 Å². The monoisotopic (exact) mass is 280 g/mol. The van der Waals surface area contributed by atoms with Crippen molar-refractivity contribution in [2.24, 2.45) is 5.73 Å². The highest BCUT2D eigenvalue weighted by atomic mass is 19.1. The van der Waals surface area contributed by atoms with E-state index in [4.69, 9.17) is 10.5 Å². The van der Waals surface area contributed by atoms with Crippen LogP contribution in [0, 0.1) is 5.82 Å². The van der Waals surface area contributed by atoms with Crippen molar-refractivity contribution in [3.63, 3.8) is 0 Å². The van der Waals surface area contributed by atoms with Gasteiger partial charge in [-0.1, -0.05) is 12.8 Å². The molecule has 1 unspecified atom stereocenters. The minimum Gasteiger partial charge on any atom is -0.497 e. The zero-order valence-electron chi connectivity index (χ0n) is 11.8. The van der Waals surface area contributed by atoms with Gasteiger partial charge in [0.2, 0.25) is 0 Å². The molecule has 2 N–H and O–H groups in total. The van der Waals surface area contributed by atoms with Crippen LogP contribution < -0.4 is 10.5 Å². The van der Waals surface area contributed by atoms with Crippen molar-refractivity contribution in [1.29, 1.82) is 0 Å². The van der Waals surface area contributed by atoms with Crippen LogP contribution in [0.1, 0.15) is 36.0 Å². The summed E-state index contributed by atoms with van der Waals surface area (Å²) in [6.07, 6.45) is 3.99. The van der Waals surface area contributed by atoms with E-state index < -0.39 is 5.82 Å². The summed E-state index contributed by atoms with van der Waals surface area (Å²) >= 11 is 0. The summed E-state index contributed by atoms with van der Waals surface area (Å²) in [4.78, 5) is 14.3. The number of ether oxygens (including phenoxy) is 1. The van der Waals surface area contributed by atoms with Crippen molar-refractivity contribution in [2.75, 3.05) is 20.2 Å². The molecule has 0 bridgehead atoms. The van der Waals surface area contributed by atoms with Gasteiger partial charge in [-0.2, -0.15) is 0 Å². The quantitative estimate of drug-likeness (QED) is 0.923. The van der Waals surface area contributed by atoms with E-state index in [9.17, 15) is 9.18 Å². The second-order valence-electron chi connectivity index (χ2n) is 5.08. The molecule has 1 heterocycles. The molecule has 0 saturated carbocycles. The molecule has 2 rings (SSSR count). The van der Waals surface area contributed by atoms with Gasteiger partial charge in [0.1, 0.15) is 11.6 Å². The number of carbonyl (C=O) groups excluding carboxylic acids is 1. The van der Waals surface area contributed by atoms with Crippen LogP contribution in [-0.4, -0.2) is 37.0 Å². The van der Waals surface area contributed by atoms with E-state index in [1.54, 1.807) is 11.0 Å². The van der Waals surface area contributed by atoms with Gasteiger partial charge in [-0.3, -0.25) is 4.79 Å². The van der Waals surface area contributed by atoms with Crippen molar-refractivity contribution in [1.82, 2.24) is 4.90 Å². The molecule has 20 heavy (non-hydrogen) atoms. The number of rotatable bonds is 3. The summed E-state index contributed by atoms with van der Waals surface area (Å²) < 4.78 is 19.0. The molecule has 0 aliphatic carbocycles. The smallest absolute Gasteiger partial charge is 0.257 e. The van der Waals surface area contributed by atoms with E-state index in [1.807, 2.05) is 0 Å². The highest BCUT2D eigenvalue weighted by Crippen LogP contribution is 2.22. The highest BCUT2D eigenvalue weighted by molar-refractivity contribution is 5.94. The number of hydrogen-bond donors (Lipinski definition) is 1. The van der Waals surface area contributed by atoms with Gasteiger partial charge in [0.25, 0.3) is 5.91 Å². The molecule has 1 amide bonds. The molecule has 1 aliphatic heterocycles. The Morgan fingerprint density at radius 3 is 2.90 bits per heavy atom. The van der Waals surface area contributed by atoms with Crippen molar-refractivity contribution < 1.29 is 13.9 Å². The predicted molar refractivity (Wildman–Crippen MR) is 75.3 cm³/mol. The van der Waals surface area contributed by atoms with Crippen LogP contribution in [0.4, 0.5) is 4.39 Å². The maximum atomic E-state index is 14.0. The molecule has 1 aromatic rings. The number of halogens is 1. The minimum atomic E-state index is -0.547. The molecule has 1 aliphatic rings. The first-order chi connectivity index (χ1) is 9.67. The van der Waals surface area contributed by atoms with Gasteiger partial charge in [-0.05, 0) is 25.0 Å². The summed E-state index contributed by atoms with van der Waals surface area (Å²) in [6, 6.07) is 4.33. The molecule has 0 spiro atoms. The molecule has 0 aromatic heterocycles. The SMILES string of the molecule is COc1ccc(C(=O)N2CCCCCC2CN)c(F)c1. The number of benzene rings is 1. The first-order valence-electron chi connectivity index (χ1n) is 7.02. The van der Waals surface area contributed by atoms with Crippen molar-refractivity contribution >= 4 is 5.91 Å². The highest BCUT2D eigenvalue weighted by Gasteiger charge is 2.27. The fraction of sp³-hybridized carbons (Fsp3) is 0.533. The normalized spacial score (nSPS) is 19.6. The Balaban J connectivity index is 2.24. The Morgan fingerprint density at radius 1 is 1.45 bits per heavy atom. The van der Waals surface area contributed by atoms with Gasteiger partial charge in [-0.15, -0.1) is 0 Å². The number of methoxy groups -OCH3 is 1. The maximum absolute atomic E-state index is 14.0. The molecule has 0 radical (unpaired) electrons. The first kappa shape index (κ1) is 14.8. The van der Waals surface area contributed by atoms with Crippen LogP contribution in [-0.2, 0) is 0 Å². The Hall–Kier alpha value is -1.62. The minimum absolute atomic E-state index is 0.00602. The van der Waals surface area contributed by atoms with Gasteiger partial charge >= 0.3 is 0 Å². The number of nitrogens with two attached hydrogens (primary N) is 1. The third kappa shape index (κ3) is 3.10. The molecule has 1 aromatic carbocycles. The molecule has 1 fully saturated rings. The van der Waals surface area contributed by atoms with Gasteiger partial charge in [0.05, 0.1) is 12.7 Å². The zero-order valence-corrected chi connectivity index (χ0v) is 11.8. The van der Waals surface area contributed by atoms with E-state index in [1.165, 1.54) is 19.2 Å². The summed E-state index contributed by atoms with van der Waals surface area (Å²) in [5.41, 5.74) is 5.84. The van der Waals surface area contributed by atoms with Crippen LogP contribution >= 0.6 is 0 Å². The number of carbonyl (C=O) groups is 1. The number of hydrogen-bond acceptors (Lipinski definition) is 3. The van der Waals surface area contributed by atoms with E-state index in [0.717, 1.165) is 25.7 Å². The third-order valence-electron chi connectivity index (χ3n) is 3.82. The van der Waals surface area contributed by atoms with E-state index >= 15 is 0 Å². The molecule has 1 atom stereocenters. The van der Waals surface area contributed by atoms with Crippen molar-refractivity contribution in [3.8, 4) is 5.75 Å². The molecular weight excluding hydrogens is 259 g/mol. The van der Waals surface area contributed by atoms with E-state index in [0.29, 0.717) is 18.8 Å². The van der Waals surface area contributed by atoms with E-state index in [2.05, 4.69) is 0 Å². The number of nitrogens with zero attached hydrogens (tertiary/aromatic N) is 1. The summed E-state index contributed by atoms with van der Waals surface area (Å²) in [7, 11) is 1.47. The second kappa shape index (κ2) is 6.70. The average molecular weight is 280 g/mol. The largest absolute Gasteiger partial charge is 0.497 e. The Labute approximate surface area is 118 Å². The average Bonchev–Trinajstić information content (AvgIpc) is 2.71. The molecule has 1 saturated heterocycles. The van der Waals surface area contributed by atoms with Gasteiger partial charge in [-0.25, -0.2) is 4.39 Å². The lowest BCUT2D eigenvalue weighted by atomic mass is 10.1. The van der Waals surface area contributed by atoms with Crippen LogP contribution in [0.25, 0.3) is 0 Å². The third-order valence-corrected chi connectivity index (χ3v) is 3.82. The maximum Gasteiger partial charge on any atom is 0.257 e.